The molecule has 0 aromatic heterocycles. The third kappa shape index (κ3) is 5.52. The summed E-state index contributed by atoms with van der Waals surface area (Å²) in [5.74, 6) is -5.94. The number of amides is 4. The number of nitriles is 1. The topological polar surface area (TPSA) is 111 Å². The fourth-order valence-electron chi connectivity index (χ4n) is 4.08. The molecule has 0 aliphatic heterocycles. The van der Waals surface area contributed by atoms with Crippen molar-refractivity contribution in [3.8, 4) is 6.07 Å². The van der Waals surface area contributed by atoms with Gasteiger partial charge in [0.05, 0.1) is 28.1 Å². The third-order valence-electron chi connectivity index (χ3n) is 5.88. The predicted molar refractivity (Wildman–Crippen MR) is 131 cm³/mol. The van der Waals surface area contributed by atoms with Gasteiger partial charge in [0, 0.05) is 35.5 Å². The zero-order chi connectivity index (χ0) is 26.4. The van der Waals surface area contributed by atoms with Gasteiger partial charge in [-0.1, -0.05) is 23.2 Å². The summed E-state index contributed by atoms with van der Waals surface area (Å²) in [5, 5.41) is 16.5. The van der Waals surface area contributed by atoms with Crippen LogP contribution in [0.4, 0.5) is 19.3 Å². The minimum absolute atomic E-state index is 0.0342. The maximum absolute atomic E-state index is 13.0. The number of urea groups is 1. The summed E-state index contributed by atoms with van der Waals surface area (Å²) in [6.07, 6.45) is -0.923. The van der Waals surface area contributed by atoms with Crippen molar-refractivity contribution in [2.24, 2.45) is 5.92 Å². The molecule has 2 atom stereocenters. The van der Waals surface area contributed by atoms with Gasteiger partial charge in [0.1, 0.15) is 4.33 Å². The van der Waals surface area contributed by atoms with E-state index in [2.05, 4.69) is 16.0 Å². The smallest absolute Gasteiger partial charge is 0.325 e. The van der Waals surface area contributed by atoms with Crippen molar-refractivity contribution < 1.29 is 23.2 Å². The molecule has 0 heterocycles. The Balaban J connectivity index is 1.39. The van der Waals surface area contributed by atoms with Crippen LogP contribution in [0.1, 0.15) is 40.2 Å². The molecule has 0 unspecified atom stereocenters. The van der Waals surface area contributed by atoms with Gasteiger partial charge in [-0.05, 0) is 42.0 Å². The van der Waals surface area contributed by atoms with E-state index in [1.165, 1.54) is 36.4 Å². The lowest BCUT2D eigenvalue weighted by Crippen LogP contribution is -2.50. The second kappa shape index (κ2) is 9.67. The molecule has 2 aliphatic carbocycles. The van der Waals surface area contributed by atoms with Crippen LogP contribution in [-0.2, 0) is 4.79 Å². The number of imide groups is 1. The Morgan fingerprint density at radius 2 is 1.75 bits per heavy atom. The van der Waals surface area contributed by atoms with Crippen molar-refractivity contribution >= 4 is 69.9 Å². The molecule has 3 N–H and O–H groups in total. The van der Waals surface area contributed by atoms with Crippen LogP contribution in [0, 0.1) is 17.2 Å². The maximum atomic E-state index is 13.0. The average Bonchev–Trinajstić information content (AvgIpc) is 3.35. The zero-order valence-corrected chi connectivity index (χ0v) is 21.1. The molecule has 2 fully saturated rings. The van der Waals surface area contributed by atoms with Gasteiger partial charge in [-0.25, -0.2) is 13.6 Å². The quantitative estimate of drug-likeness (QED) is 0.401. The van der Waals surface area contributed by atoms with Crippen molar-refractivity contribution in [2.45, 2.75) is 35.1 Å². The van der Waals surface area contributed by atoms with Crippen LogP contribution in [0.15, 0.2) is 36.4 Å². The Bertz CT molecular complexity index is 1310. The lowest BCUT2D eigenvalue weighted by atomic mass is 9.88. The number of hydrogen-bond donors (Lipinski definition) is 3. The molecule has 0 radical (unpaired) electrons. The number of halogens is 6. The molecule has 188 valence electrons. The van der Waals surface area contributed by atoms with Gasteiger partial charge in [-0.15, -0.1) is 23.2 Å². The van der Waals surface area contributed by atoms with Gasteiger partial charge >= 0.3 is 6.03 Å². The number of hydrogen-bond acceptors (Lipinski definition) is 4. The number of nitrogens with zero attached hydrogens (tertiary/aromatic N) is 1. The van der Waals surface area contributed by atoms with E-state index in [1.807, 2.05) is 6.07 Å². The fraction of sp³-hybridized carbons (Fsp3) is 0.304. The van der Waals surface area contributed by atoms with E-state index in [9.17, 15) is 23.2 Å². The molecule has 2 saturated carbocycles. The maximum Gasteiger partial charge on any atom is 0.325 e. The van der Waals surface area contributed by atoms with Crippen molar-refractivity contribution in [3.63, 3.8) is 0 Å². The summed E-state index contributed by atoms with van der Waals surface area (Å²) in [7, 11) is 0. The molecule has 2 aliphatic rings. The molecule has 0 bridgehead atoms. The van der Waals surface area contributed by atoms with Crippen LogP contribution in [0.3, 0.4) is 0 Å². The van der Waals surface area contributed by atoms with Crippen molar-refractivity contribution in [3.05, 3.63) is 63.1 Å². The first kappa shape index (κ1) is 26.4. The zero-order valence-electron chi connectivity index (χ0n) is 18.1. The van der Waals surface area contributed by atoms with Crippen molar-refractivity contribution in [2.75, 3.05) is 5.32 Å². The Hall–Kier alpha value is -2.64. The molecule has 13 heteroatoms. The second-order valence-electron chi connectivity index (χ2n) is 8.59. The Kier molecular flexibility index (Phi) is 7.10. The normalized spacial score (nSPS) is 21.5. The first-order valence-electron chi connectivity index (χ1n) is 10.5. The Morgan fingerprint density at radius 3 is 2.39 bits per heavy atom. The summed E-state index contributed by atoms with van der Waals surface area (Å²) in [6, 6.07) is 8.82. The van der Waals surface area contributed by atoms with Crippen molar-refractivity contribution in [1.29, 1.82) is 5.26 Å². The van der Waals surface area contributed by atoms with Crippen LogP contribution in [0.25, 0.3) is 0 Å². The van der Waals surface area contributed by atoms with Gasteiger partial charge in [0.15, 0.2) is 0 Å². The monoisotopic (exact) mass is 574 g/mol. The lowest BCUT2D eigenvalue weighted by Gasteiger charge is -2.35. The van der Waals surface area contributed by atoms with Crippen molar-refractivity contribution in [1.82, 2.24) is 10.6 Å². The van der Waals surface area contributed by atoms with E-state index < -0.39 is 58.8 Å². The number of anilines is 1. The second-order valence-corrected chi connectivity index (χ2v) is 10.9. The number of alkyl halides is 4. The van der Waals surface area contributed by atoms with Crippen LogP contribution in [-0.4, -0.2) is 34.1 Å². The van der Waals surface area contributed by atoms with Crippen LogP contribution in [0.5, 0.6) is 0 Å². The number of benzene rings is 2. The SMILES string of the molecule is N#Cc1cc(Cl)cc([C@@H]2[C@@H](C(=O)NC(=O)Nc3ccc(Cl)c(C(=O)NC4CC(F)(F)C4)c3)C2(Cl)Cl)c1. The van der Waals surface area contributed by atoms with Crippen LogP contribution >= 0.6 is 46.4 Å². The number of rotatable bonds is 5. The first-order chi connectivity index (χ1) is 16.8. The van der Waals surface area contributed by atoms with E-state index in [-0.39, 0.29) is 26.9 Å². The molecule has 7 nitrogen and oxygen atoms in total. The van der Waals surface area contributed by atoms with Gasteiger partial charge in [-0.3, -0.25) is 14.9 Å². The lowest BCUT2D eigenvalue weighted by molar-refractivity contribution is -0.121. The number of nitrogens with one attached hydrogen (secondary N) is 3. The van der Waals surface area contributed by atoms with Crippen LogP contribution in [0.2, 0.25) is 10.0 Å². The van der Waals surface area contributed by atoms with Gasteiger partial charge in [0.25, 0.3) is 11.8 Å². The highest BCUT2D eigenvalue weighted by Crippen LogP contribution is 2.65. The average molecular weight is 576 g/mol. The summed E-state index contributed by atoms with van der Waals surface area (Å²) in [4.78, 5) is 37.5. The molecular formula is C23H16Cl4F2N4O3. The van der Waals surface area contributed by atoms with E-state index in [4.69, 9.17) is 51.7 Å². The number of carbonyl (C=O) groups is 3. The minimum atomic E-state index is -2.80. The van der Waals surface area contributed by atoms with E-state index in [0.29, 0.717) is 5.56 Å². The molecular weight excluding hydrogens is 560 g/mol. The van der Waals surface area contributed by atoms with Gasteiger partial charge in [0.2, 0.25) is 5.91 Å². The highest BCUT2D eigenvalue weighted by Gasteiger charge is 2.68. The summed E-state index contributed by atoms with van der Waals surface area (Å²) < 4.78 is 24.5. The molecule has 0 spiro atoms. The fourth-order valence-corrected chi connectivity index (χ4v) is 5.35. The molecule has 36 heavy (non-hydrogen) atoms. The Morgan fingerprint density at radius 1 is 1.06 bits per heavy atom. The highest BCUT2D eigenvalue weighted by molar-refractivity contribution is 6.53. The van der Waals surface area contributed by atoms with E-state index in [0.717, 1.165) is 0 Å². The third-order valence-corrected chi connectivity index (χ3v) is 7.36. The first-order valence-corrected chi connectivity index (χ1v) is 12.0. The molecule has 2 aromatic rings. The van der Waals surface area contributed by atoms with Crippen LogP contribution < -0.4 is 16.0 Å². The standard InChI is InChI=1S/C23H16Cl4F2N4O3/c24-12-4-10(9-30)3-11(5-12)17-18(23(17,26)27)20(35)33-21(36)32-13-1-2-16(25)15(6-13)19(34)31-14-7-22(28,29)8-14/h1-6,14,17-18H,7-8H2,(H,31,34)(H2,32,33,35,36)/t17-,18+/m1/s1. The minimum Gasteiger partial charge on any atom is -0.349 e. The summed E-state index contributed by atoms with van der Waals surface area (Å²) in [5.41, 5.74) is 0.826. The number of carbonyl (C=O) groups excluding carboxylic acids is 3. The van der Waals surface area contributed by atoms with Gasteiger partial charge < -0.3 is 10.6 Å². The van der Waals surface area contributed by atoms with E-state index in [1.54, 1.807) is 0 Å². The molecule has 4 amide bonds. The highest BCUT2D eigenvalue weighted by atomic mass is 35.5. The molecule has 0 saturated heterocycles. The summed E-state index contributed by atoms with van der Waals surface area (Å²) in [6.45, 7) is 0. The molecule has 4 rings (SSSR count). The predicted octanol–water partition coefficient (Wildman–Crippen LogP) is 5.63. The summed E-state index contributed by atoms with van der Waals surface area (Å²) >= 11 is 24.6. The Labute approximate surface area is 224 Å². The largest absolute Gasteiger partial charge is 0.349 e. The van der Waals surface area contributed by atoms with Gasteiger partial charge in [-0.2, -0.15) is 5.26 Å². The molecule has 2 aromatic carbocycles. The van der Waals surface area contributed by atoms with E-state index >= 15 is 0 Å².